The Labute approximate surface area is 278 Å². The summed E-state index contributed by atoms with van der Waals surface area (Å²) in [5.41, 5.74) is 5.77. The molecule has 1 aliphatic rings. The summed E-state index contributed by atoms with van der Waals surface area (Å²) >= 11 is 0. The Hall–Kier alpha value is -5.61. The Morgan fingerprint density at radius 1 is 0.896 bits per heavy atom. The highest BCUT2D eigenvalue weighted by molar-refractivity contribution is 6.04. The molecule has 3 aromatic carbocycles. The maximum atomic E-state index is 13.0. The number of benzene rings is 3. The van der Waals surface area contributed by atoms with Gasteiger partial charge in [-0.25, -0.2) is 0 Å². The van der Waals surface area contributed by atoms with Gasteiger partial charge in [-0.3, -0.25) is 19.3 Å². The summed E-state index contributed by atoms with van der Waals surface area (Å²) in [6, 6.07) is 20.8. The maximum absolute atomic E-state index is 13.0. The standard InChI is InChI=1S/C38H39N5O5/c1-41-16-13-27(23-41)20-33-37(45)40-32(38(46)42(33)2)19-26-5-9-28(10-6-26)36(44)39-31-11-7-25(8-12-31)14-17-43-18-15-29-21-34(47-3)35(48-4)22-30(29)24-43/h5-13,16,19-23H,14-15,17-18,24H2,1-4H3,(H,39,44)(H,40,45)/b32-19-,33-20-. The highest BCUT2D eigenvalue weighted by Gasteiger charge is 2.19. The van der Waals surface area contributed by atoms with Gasteiger partial charge >= 0.3 is 0 Å². The first-order valence-corrected chi connectivity index (χ1v) is 15.8. The molecule has 0 bridgehead atoms. The van der Waals surface area contributed by atoms with E-state index in [1.165, 1.54) is 21.3 Å². The van der Waals surface area contributed by atoms with Crippen LogP contribution in [0.1, 0.15) is 38.2 Å². The fourth-order valence-electron chi connectivity index (χ4n) is 5.99. The van der Waals surface area contributed by atoms with Gasteiger partial charge in [0, 0.05) is 57.4 Å². The second-order valence-electron chi connectivity index (χ2n) is 12.0. The van der Waals surface area contributed by atoms with Gasteiger partial charge in [0.15, 0.2) is 11.5 Å². The Bertz CT molecular complexity index is 2190. The molecular weight excluding hydrogens is 606 g/mol. The van der Waals surface area contributed by atoms with E-state index < -0.39 is 0 Å². The summed E-state index contributed by atoms with van der Waals surface area (Å²) in [5.74, 6) is 1.29. The van der Waals surface area contributed by atoms with E-state index in [1.807, 2.05) is 54.3 Å². The lowest BCUT2D eigenvalue weighted by Crippen LogP contribution is -2.52. The third-order valence-corrected chi connectivity index (χ3v) is 8.74. The fourth-order valence-corrected chi connectivity index (χ4v) is 5.99. The topological polar surface area (TPSA) is 111 Å². The lowest BCUT2D eigenvalue weighted by atomic mass is 9.98. The minimum absolute atomic E-state index is 0.163. The molecule has 0 spiro atoms. The smallest absolute Gasteiger partial charge is 0.274 e. The number of amides is 1. The molecule has 0 saturated heterocycles. The normalized spacial score (nSPS) is 13.8. The molecule has 10 nitrogen and oxygen atoms in total. The quantitative estimate of drug-likeness (QED) is 0.255. The molecule has 0 atom stereocenters. The number of rotatable bonds is 9. The van der Waals surface area contributed by atoms with Gasteiger partial charge in [-0.15, -0.1) is 0 Å². The van der Waals surface area contributed by atoms with E-state index in [-0.39, 0.29) is 27.7 Å². The molecule has 0 saturated carbocycles. The number of nitrogens with zero attached hydrogens (tertiary/aromatic N) is 3. The van der Waals surface area contributed by atoms with E-state index in [0.717, 1.165) is 49.5 Å². The number of aromatic nitrogens is 3. The Morgan fingerprint density at radius 2 is 1.60 bits per heavy atom. The summed E-state index contributed by atoms with van der Waals surface area (Å²) in [7, 11) is 6.79. The highest BCUT2D eigenvalue weighted by Crippen LogP contribution is 2.33. The van der Waals surface area contributed by atoms with E-state index in [9.17, 15) is 14.4 Å². The molecule has 0 radical (unpaired) electrons. The van der Waals surface area contributed by atoms with Gasteiger partial charge in [-0.1, -0.05) is 24.3 Å². The number of hydrogen-bond donors (Lipinski definition) is 2. The molecule has 0 fully saturated rings. The molecule has 10 heteroatoms. The Kier molecular flexibility index (Phi) is 9.45. The van der Waals surface area contributed by atoms with Crippen LogP contribution >= 0.6 is 0 Å². The Morgan fingerprint density at radius 3 is 2.27 bits per heavy atom. The average Bonchev–Trinajstić information content (AvgIpc) is 3.52. The van der Waals surface area contributed by atoms with E-state index >= 15 is 0 Å². The minimum atomic E-state index is -0.367. The molecule has 1 amide bonds. The molecule has 6 rings (SSSR count). The number of fused-ring (bicyclic) bond motifs is 1. The van der Waals surface area contributed by atoms with E-state index in [4.69, 9.17) is 9.47 Å². The van der Waals surface area contributed by atoms with Crippen LogP contribution in [-0.2, 0) is 33.5 Å². The summed E-state index contributed by atoms with van der Waals surface area (Å²) in [5, 5.41) is 3.38. The molecule has 5 aromatic rings. The number of aromatic amines is 1. The van der Waals surface area contributed by atoms with Crippen molar-refractivity contribution in [2.75, 3.05) is 32.6 Å². The molecule has 0 aliphatic carbocycles. The van der Waals surface area contributed by atoms with E-state index in [1.54, 1.807) is 57.7 Å². The zero-order valence-corrected chi connectivity index (χ0v) is 27.6. The van der Waals surface area contributed by atoms with Crippen LogP contribution in [-0.4, -0.2) is 52.2 Å². The van der Waals surface area contributed by atoms with Crippen molar-refractivity contribution in [1.82, 2.24) is 19.0 Å². The van der Waals surface area contributed by atoms with Gasteiger partial charge in [0.05, 0.1) is 14.2 Å². The largest absolute Gasteiger partial charge is 0.493 e. The van der Waals surface area contributed by atoms with Crippen LogP contribution in [0.2, 0.25) is 0 Å². The molecule has 246 valence electrons. The zero-order chi connectivity index (χ0) is 33.8. The Balaban J connectivity index is 1.06. The summed E-state index contributed by atoms with van der Waals surface area (Å²) in [4.78, 5) is 43.9. The van der Waals surface area contributed by atoms with Gasteiger partial charge in [-0.05, 0) is 95.3 Å². The van der Waals surface area contributed by atoms with Crippen molar-refractivity contribution in [2.45, 2.75) is 19.4 Å². The van der Waals surface area contributed by atoms with Crippen LogP contribution in [0, 0.1) is 0 Å². The minimum Gasteiger partial charge on any atom is -0.493 e. The van der Waals surface area contributed by atoms with Crippen molar-refractivity contribution >= 4 is 23.7 Å². The third kappa shape index (κ3) is 7.19. The van der Waals surface area contributed by atoms with Crippen molar-refractivity contribution in [3.05, 3.63) is 144 Å². The molecule has 2 N–H and O–H groups in total. The second kappa shape index (κ2) is 14.0. The lowest BCUT2D eigenvalue weighted by Gasteiger charge is -2.29. The van der Waals surface area contributed by atoms with Crippen molar-refractivity contribution in [1.29, 1.82) is 0 Å². The van der Waals surface area contributed by atoms with Crippen molar-refractivity contribution in [3.8, 4) is 11.5 Å². The first-order chi connectivity index (χ1) is 23.2. The molecular formula is C38H39N5O5. The van der Waals surface area contributed by atoms with Gasteiger partial charge in [-0.2, -0.15) is 0 Å². The average molecular weight is 646 g/mol. The third-order valence-electron chi connectivity index (χ3n) is 8.74. The number of carbonyl (C=O) groups excluding carboxylic acids is 1. The molecule has 48 heavy (non-hydrogen) atoms. The molecule has 0 unspecified atom stereocenters. The number of carbonyl (C=O) groups is 1. The monoisotopic (exact) mass is 645 g/mol. The SMILES string of the molecule is COc1cc2c(cc1OC)CN(CCc1ccc(NC(=O)c3ccc(/C=c4\[nH]c(=O)/c(=C/c5ccn(C)c5)n(C)c4=O)cc3)cc1)CC2. The fraction of sp³-hybridized carbons (Fsp3) is 0.237. The number of aryl methyl sites for hydroxylation is 1. The van der Waals surface area contributed by atoms with E-state index in [2.05, 4.69) is 27.3 Å². The van der Waals surface area contributed by atoms with Crippen LogP contribution < -0.4 is 36.6 Å². The number of ether oxygens (including phenoxy) is 2. The molecule has 2 aromatic heterocycles. The molecule has 1 aliphatic heterocycles. The number of methoxy groups -OCH3 is 2. The van der Waals surface area contributed by atoms with Gasteiger partial charge < -0.3 is 28.9 Å². The highest BCUT2D eigenvalue weighted by atomic mass is 16.5. The predicted molar refractivity (Wildman–Crippen MR) is 187 cm³/mol. The first kappa shape index (κ1) is 32.3. The van der Waals surface area contributed by atoms with Gasteiger partial charge in [0.2, 0.25) is 0 Å². The van der Waals surface area contributed by atoms with Crippen LogP contribution in [0.15, 0.2) is 88.7 Å². The van der Waals surface area contributed by atoms with Crippen LogP contribution in [0.5, 0.6) is 11.5 Å². The van der Waals surface area contributed by atoms with Crippen molar-refractivity contribution in [3.63, 3.8) is 0 Å². The van der Waals surface area contributed by atoms with Gasteiger partial charge in [0.1, 0.15) is 10.7 Å². The van der Waals surface area contributed by atoms with E-state index in [0.29, 0.717) is 16.8 Å². The number of nitrogens with one attached hydrogen (secondary N) is 2. The van der Waals surface area contributed by atoms with Gasteiger partial charge in [0.25, 0.3) is 17.0 Å². The first-order valence-electron chi connectivity index (χ1n) is 15.8. The summed E-state index contributed by atoms with van der Waals surface area (Å²) in [6.07, 6.45) is 8.89. The number of H-pyrrole nitrogens is 1. The molecule has 3 heterocycles. The van der Waals surface area contributed by atoms with Crippen molar-refractivity contribution in [2.24, 2.45) is 14.1 Å². The van der Waals surface area contributed by atoms with Crippen LogP contribution in [0.3, 0.4) is 0 Å². The summed E-state index contributed by atoms with van der Waals surface area (Å²) in [6.45, 7) is 2.79. The van der Waals surface area contributed by atoms with Crippen LogP contribution in [0.4, 0.5) is 5.69 Å². The summed E-state index contributed by atoms with van der Waals surface area (Å²) < 4.78 is 14.2. The maximum Gasteiger partial charge on any atom is 0.274 e. The number of anilines is 1. The number of hydrogen-bond acceptors (Lipinski definition) is 6. The lowest BCUT2D eigenvalue weighted by molar-refractivity contribution is 0.102. The van der Waals surface area contributed by atoms with Crippen molar-refractivity contribution < 1.29 is 14.3 Å². The second-order valence-corrected chi connectivity index (χ2v) is 12.0. The predicted octanol–water partition coefficient (Wildman–Crippen LogP) is 2.94. The zero-order valence-electron chi connectivity index (χ0n) is 27.6. The van der Waals surface area contributed by atoms with Crippen LogP contribution in [0.25, 0.3) is 12.2 Å².